The lowest BCUT2D eigenvalue weighted by Gasteiger charge is -2.42. The van der Waals surface area contributed by atoms with Crippen molar-refractivity contribution >= 4 is 28.5 Å². The summed E-state index contributed by atoms with van der Waals surface area (Å²) < 4.78 is 5.31. The summed E-state index contributed by atoms with van der Waals surface area (Å²) in [6.07, 6.45) is 3.39. The van der Waals surface area contributed by atoms with E-state index in [2.05, 4.69) is 0 Å². The fourth-order valence-electron chi connectivity index (χ4n) is 6.25. The number of rotatable bonds is 1. The second-order valence-corrected chi connectivity index (χ2v) is 8.46. The molecule has 0 spiro atoms. The molecule has 4 aliphatic carbocycles. The molecule has 5 aliphatic rings. The van der Waals surface area contributed by atoms with Gasteiger partial charge in [0.2, 0.25) is 11.8 Å². The topological polar surface area (TPSA) is 67.6 Å². The summed E-state index contributed by atoms with van der Waals surface area (Å²) in [5.41, 5.74) is 1.37. The van der Waals surface area contributed by atoms with Gasteiger partial charge in [0.15, 0.2) is 0 Å². The number of hydrogen-bond acceptors (Lipinski definition) is 4. The molecule has 6 unspecified atom stereocenters. The Morgan fingerprint density at radius 3 is 2.23 bits per heavy atom. The van der Waals surface area contributed by atoms with Crippen molar-refractivity contribution < 1.29 is 14.0 Å². The molecule has 1 aromatic heterocycles. The van der Waals surface area contributed by atoms with Gasteiger partial charge in [-0.2, -0.15) is 0 Å². The molecular weight excluding hydrogens is 330 g/mol. The predicted octanol–water partition coefficient (Wildman–Crippen LogP) is 2.88. The van der Waals surface area contributed by atoms with Crippen molar-refractivity contribution in [2.24, 2.45) is 35.5 Å². The molecule has 5 heteroatoms. The number of aryl methyl sites for hydroxylation is 1. The summed E-state index contributed by atoms with van der Waals surface area (Å²) in [5.74, 6) is 1.75. The molecule has 0 radical (unpaired) electrons. The van der Waals surface area contributed by atoms with E-state index in [-0.39, 0.29) is 23.7 Å². The van der Waals surface area contributed by atoms with Crippen molar-refractivity contribution in [1.29, 1.82) is 0 Å². The average Bonchev–Trinajstić information content (AvgIpc) is 3.38. The van der Waals surface area contributed by atoms with Crippen LogP contribution < -0.4 is 10.5 Å². The Hall–Kier alpha value is -2.43. The Labute approximate surface area is 150 Å². The molecule has 26 heavy (non-hydrogen) atoms. The van der Waals surface area contributed by atoms with E-state index in [0.717, 1.165) is 23.8 Å². The Morgan fingerprint density at radius 1 is 0.923 bits per heavy atom. The zero-order valence-electron chi connectivity index (χ0n) is 14.5. The Bertz CT molecular complexity index is 1020. The van der Waals surface area contributed by atoms with Gasteiger partial charge >= 0.3 is 5.63 Å². The van der Waals surface area contributed by atoms with Crippen LogP contribution in [0.1, 0.15) is 24.8 Å². The fourth-order valence-corrected chi connectivity index (χ4v) is 6.25. The van der Waals surface area contributed by atoms with Crippen molar-refractivity contribution in [2.75, 3.05) is 4.90 Å². The number of carbonyl (C=O) groups excluding carboxylic acids is 2. The molecule has 5 nitrogen and oxygen atoms in total. The normalized spacial score (nSPS) is 37.2. The Kier molecular flexibility index (Phi) is 2.63. The number of imide groups is 1. The van der Waals surface area contributed by atoms with Gasteiger partial charge in [0, 0.05) is 17.5 Å². The molecule has 0 N–H and O–H groups in total. The van der Waals surface area contributed by atoms with Gasteiger partial charge in [-0.15, -0.1) is 0 Å². The fraction of sp³-hybridized carbons (Fsp3) is 0.476. The SMILES string of the molecule is Cc1cc(=O)oc2cc(N3C(=O)C4C5CCC(C6CC65)C4C3=O)ccc12. The molecule has 132 valence electrons. The highest BCUT2D eigenvalue weighted by Gasteiger charge is 2.68. The van der Waals surface area contributed by atoms with E-state index in [9.17, 15) is 14.4 Å². The third kappa shape index (κ3) is 1.69. The van der Waals surface area contributed by atoms with Crippen LogP contribution in [0.5, 0.6) is 0 Å². The minimum absolute atomic E-state index is 0.0469. The van der Waals surface area contributed by atoms with Crippen LogP contribution >= 0.6 is 0 Å². The molecule has 1 aromatic carbocycles. The first-order valence-electron chi connectivity index (χ1n) is 9.47. The number of amides is 2. The van der Waals surface area contributed by atoms with Crippen LogP contribution in [-0.2, 0) is 9.59 Å². The molecule has 2 amide bonds. The maximum Gasteiger partial charge on any atom is 0.336 e. The first-order valence-corrected chi connectivity index (χ1v) is 9.47. The van der Waals surface area contributed by atoms with E-state index in [1.54, 1.807) is 12.1 Å². The second-order valence-electron chi connectivity index (χ2n) is 8.46. The Balaban J connectivity index is 1.46. The Morgan fingerprint density at radius 2 is 1.58 bits per heavy atom. The summed E-state index contributed by atoms with van der Waals surface area (Å²) in [5, 5.41) is 0.825. The summed E-state index contributed by atoms with van der Waals surface area (Å²) in [6, 6.07) is 6.74. The first-order chi connectivity index (χ1) is 12.5. The third-order valence-corrected chi connectivity index (χ3v) is 7.34. The predicted molar refractivity (Wildman–Crippen MR) is 94.5 cm³/mol. The lowest BCUT2D eigenvalue weighted by atomic mass is 9.59. The number of benzene rings is 1. The molecule has 2 aromatic rings. The van der Waals surface area contributed by atoms with Gasteiger partial charge in [-0.05, 0) is 67.6 Å². The van der Waals surface area contributed by atoms with Gasteiger partial charge in [0.25, 0.3) is 0 Å². The summed E-state index contributed by atoms with van der Waals surface area (Å²) in [6.45, 7) is 1.85. The highest BCUT2D eigenvalue weighted by molar-refractivity contribution is 6.22. The summed E-state index contributed by atoms with van der Waals surface area (Å²) in [4.78, 5) is 39.4. The zero-order chi connectivity index (χ0) is 17.7. The highest BCUT2D eigenvalue weighted by atomic mass is 16.4. The molecule has 5 fully saturated rings. The molecule has 2 bridgehead atoms. The van der Waals surface area contributed by atoms with E-state index in [4.69, 9.17) is 4.42 Å². The van der Waals surface area contributed by atoms with Crippen LogP contribution in [0.15, 0.2) is 33.5 Å². The van der Waals surface area contributed by atoms with Gasteiger partial charge < -0.3 is 4.42 Å². The number of nitrogens with zero attached hydrogens (tertiary/aromatic N) is 1. The van der Waals surface area contributed by atoms with Gasteiger partial charge in [0.05, 0.1) is 17.5 Å². The molecule has 7 rings (SSSR count). The van der Waals surface area contributed by atoms with Crippen molar-refractivity contribution in [3.8, 4) is 0 Å². The molecule has 2 heterocycles. The molecule has 1 saturated heterocycles. The maximum atomic E-state index is 13.2. The van der Waals surface area contributed by atoms with Crippen LogP contribution in [0.3, 0.4) is 0 Å². The first kappa shape index (κ1) is 14.7. The van der Waals surface area contributed by atoms with E-state index in [0.29, 0.717) is 34.9 Å². The third-order valence-electron chi connectivity index (χ3n) is 7.34. The standard InChI is InChI=1S/C21H19NO4/c1-9-6-17(23)26-16-7-10(2-3-11(9)16)22-20(24)18-12-4-5-13(15-8-14(12)15)19(18)21(22)25/h2-3,6-7,12-15,18-19H,4-5,8H2,1H3. The average molecular weight is 349 g/mol. The van der Waals surface area contributed by atoms with Crippen molar-refractivity contribution in [3.05, 3.63) is 40.2 Å². The van der Waals surface area contributed by atoms with Crippen LogP contribution in [0.4, 0.5) is 5.69 Å². The smallest absolute Gasteiger partial charge is 0.336 e. The highest BCUT2D eigenvalue weighted by Crippen LogP contribution is 2.68. The van der Waals surface area contributed by atoms with Crippen molar-refractivity contribution in [3.63, 3.8) is 0 Å². The van der Waals surface area contributed by atoms with Crippen LogP contribution in [0.25, 0.3) is 11.0 Å². The quantitative estimate of drug-likeness (QED) is 0.586. The largest absolute Gasteiger partial charge is 0.423 e. The zero-order valence-corrected chi connectivity index (χ0v) is 14.5. The number of anilines is 1. The van der Waals surface area contributed by atoms with E-state index in [1.165, 1.54) is 17.4 Å². The number of carbonyl (C=O) groups is 2. The molecule has 4 saturated carbocycles. The molecular formula is C21H19NO4. The van der Waals surface area contributed by atoms with E-state index < -0.39 is 5.63 Å². The van der Waals surface area contributed by atoms with Crippen molar-refractivity contribution in [1.82, 2.24) is 0 Å². The lowest BCUT2D eigenvalue weighted by Crippen LogP contribution is -2.43. The molecule has 6 atom stereocenters. The van der Waals surface area contributed by atoms with E-state index >= 15 is 0 Å². The summed E-state index contributed by atoms with van der Waals surface area (Å²) in [7, 11) is 0. The minimum atomic E-state index is -0.418. The summed E-state index contributed by atoms with van der Waals surface area (Å²) >= 11 is 0. The van der Waals surface area contributed by atoms with Crippen LogP contribution in [0, 0.1) is 42.4 Å². The maximum absolute atomic E-state index is 13.2. The van der Waals surface area contributed by atoms with Gasteiger partial charge in [0.1, 0.15) is 5.58 Å². The second kappa shape index (κ2) is 4.64. The number of fused-ring (bicyclic) bond motifs is 2. The van der Waals surface area contributed by atoms with Gasteiger partial charge in [-0.3, -0.25) is 9.59 Å². The van der Waals surface area contributed by atoms with Crippen LogP contribution in [0.2, 0.25) is 0 Å². The monoisotopic (exact) mass is 349 g/mol. The van der Waals surface area contributed by atoms with Gasteiger partial charge in [-0.25, -0.2) is 9.69 Å². The number of hydrogen-bond donors (Lipinski definition) is 0. The lowest BCUT2D eigenvalue weighted by molar-refractivity contribution is -0.129. The van der Waals surface area contributed by atoms with E-state index in [1.807, 2.05) is 13.0 Å². The van der Waals surface area contributed by atoms with Crippen molar-refractivity contribution in [2.45, 2.75) is 26.2 Å². The van der Waals surface area contributed by atoms with Gasteiger partial charge in [-0.1, -0.05) is 0 Å². The minimum Gasteiger partial charge on any atom is -0.423 e. The molecule has 1 aliphatic heterocycles. The van der Waals surface area contributed by atoms with Crippen LogP contribution in [-0.4, -0.2) is 11.8 Å².